The van der Waals surface area contributed by atoms with E-state index in [4.69, 9.17) is 27.9 Å². The van der Waals surface area contributed by atoms with E-state index < -0.39 is 11.9 Å². The Morgan fingerprint density at radius 1 is 1.25 bits per heavy atom. The van der Waals surface area contributed by atoms with Gasteiger partial charge >= 0.3 is 6.18 Å². The summed E-state index contributed by atoms with van der Waals surface area (Å²) in [7, 11) is 1.49. The van der Waals surface area contributed by atoms with Gasteiger partial charge in [0.15, 0.2) is 5.69 Å². The SMILES string of the molecule is COc1ccc(-n2nc(C(F)(F)F)c(CCl)c2Cl)cc1. The summed E-state index contributed by atoms with van der Waals surface area (Å²) in [5.41, 5.74) is -0.928. The van der Waals surface area contributed by atoms with Crippen molar-refractivity contribution in [3.63, 3.8) is 0 Å². The maximum Gasteiger partial charge on any atom is 0.435 e. The number of hydrogen-bond acceptors (Lipinski definition) is 2. The van der Waals surface area contributed by atoms with Crippen molar-refractivity contribution in [2.24, 2.45) is 0 Å². The van der Waals surface area contributed by atoms with E-state index >= 15 is 0 Å². The van der Waals surface area contributed by atoms with Crippen LogP contribution in [-0.2, 0) is 12.1 Å². The zero-order valence-corrected chi connectivity index (χ0v) is 11.7. The van der Waals surface area contributed by atoms with Crippen molar-refractivity contribution in [1.82, 2.24) is 9.78 Å². The molecule has 0 fully saturated rings. The first-order chi connectivity index (χ1) is 9.38. The number of hydrogen-bond donors (Lipinski definition) is 0. The Labute approximate surface area is 122 Å². The second kappa shape index (κ2) is 5.54. The lowest BCUT2D eigenvalue weighted by atomic mass is 10.2. The molecule has 1 aromatic carbocycles. The van der Waals surface area contributed by atoms with Crippen LogP contribution < -0.4 is 4.74 Å². The van der Waals surface area contributed by atoms with E-state index in [1.165, 1.54) is 7.11 Å². The molecule has 2 aromatic rings. The number of methoxy groups -OCH3 is 1. The first kappa shape index (κ1) is 15.0. The largest absolute Gasteiger partial charge is 0.497 e. The monoisotopic (exact) mass is 324 g/mol. The van der Waals surface area contributed by atoms with E-state index in [2.05, 4.69) is 5.10 Å². The van der Waals surface area contributed by atoms with Crippen LogP contribution in [0.3, 0.4) is 0 Å². The third kappa shape index (κ3) is 2.71. The molecule has 0 radical (unpaired) electrons. The van der Waals surface area contributed by atoms with Crippen LogP contribution in [-0.4, -0.2) is 16.9 Å². The van der Waals surface area contributed by atoms with Gasteiger partial charge in [-0.2, -0.15) is 18.3 Å². The molecule has 0 N–H and O–H groups in total. The van der Waals surface area contributed by atoms with Crippen molar-refractivity contribution in [1.29, 1.82) is 0 Å². The van der Waals surface area contributed by atoms with Crippen LogP contribution in [0.4, 0.5) is 13.2 Å². The molecule has 1 aromatic heterocycles. The minimum absolute atomic E-state index is 0.155. The zero-order chi connectivity index (χ0) is 14.9. The number of benzene rings is 1. The van der Waals surface area contributed by atoms with E-state index in [1.54, 1.807) is 24.3 Å². The maximum atomic E-state index is 12.9. The van der Waals surface area contributed by atoms with E-state index in [1.807, 2.05) is 0 Å². The summed E-state index contributed by atoms with van der Waals surface area (Å²) in [5.74, 6) is 0.203. The smallest absolute Gasteiger partial charge is 0.435 e. The summed E-state index contributed by atoms with van der Waals surface area (Å²) in [6, 6.07) is 6.30. The molecule has 0 amide bonds. The molecule has 0 aliphatic rings. The highest BCUT2D eigenvalue weighted by atomic mass is 35.5. The second-order valence-corrected chi connectivity index (χ2v) is 4.48. The average molecular weight is 325 g/mol. The quantitative estimate of drug-likeness (QED) is 0.787. The maximum absolute atomic E-state index is 12.9. The molecule has 0 atom stereocenters. The summed E-state index contributed by atoms with van der Waals surface area (Å²) in [6.45, 7) is 0. The van der Waals surface area contributed by atoms with E-state index in [9.17, 15) is 13.2 Å². The van der Waals surface area contributed by atoms with Crippen LogP contribution in [0.25, 0.3) is 5.69 Å². The van der Waals surface area contributed by atoms with Gasteiger partial charge in [-0.05, 0) is 24.3 Å². The number of halogens is 5. The number of nitrogens with zero attached hydrogens (tertiary/aromatic N) is 2. The summed E-state index contributed by atoms with van der Waals surface area (Å²) < 4.78 is 44.5. The average Bonchev–Trinajstić information content (AvgIpc) is 2.76. The first-order valence-electron chi connectivity index (χ1n) is 5.43. The van der Waals surface area contributed by atoms with Crippen LogP contribution >= 0.6 is 23.2 Å². The van der Waals surface area contributed by atoms with Gasteiger partial charge in [-0.15, -0.1) is 11.6 Å². The zero-order valence-electron chi connectivity index (χ0n) is 10.2. The lowest BCUT2D eigenvalue weighted by Crippen LogP contribution is -2.09. The van der Waals surface area contributed by atoms with Crippen LogP contribution in [0.2, 0.25) is 5.15 Å². The predicted molar refractivity (Wildman–Crippen MR) is 69.7 cm³/mol. The molecular weight excluding hydrogens is 316 g/mol. The number of alkyl halides is 4. The lowest BCUT2D eigenvalue weighted by molar-refractivity contribution is -0.141. The molecule has 1 heterocycles. The number of ether oxygens (including phenoxy) is 1. The molecule has 0 saturated carbocycles. The summed E-state index contributed by atoms with van der Waals surface area (Å²) in [5, 5.41) is 3.36. The van der Waals surface area contributed by atoms with Gasteiger partial charge in [-0.25, -0.2) is 4.68 Å². The lowest BCUT2D eigenvalue weighted by Gasteiger charge is -2.05. The Hall–Kier alpha value is -1.40. The highest BCUT2D eigenvalue weighted by Gasteiger charge is 2.38. The van der Waals surface area contributed by atoms with Crippen molar-refractivity contribution in [2.45, 2.75) is 12.1 Å². The van der Waals surface area contributed by atoms with Gasteiger partial charge in [-0.3, -0.25) is 0 Å². The highest BCUT2D eigenvalue weighted by molar-refractivity contribution is 6.31. The van der Waals surface area contributed by atoms with E-state index in [0.717, 1.165) is 4.68 Å². The fourth-order valence-electron chi connectivity index (χ4n) is 1.67. The molecule has 0 aliphatic heterocycles. The molecule has 8 heteroatoms. The fourth-order valence-corrected chi connectivity index (χ4v) is 2.28. The Balaban J connectivity index is 2.54. The fraction of sp³-hybridized carbons (Fsp3) is 0.250. The van der Waals surface area contributed by atoms with Crippen LogP contribution in [0.15, 0.2) is 24.3 Å². The minimum Gasteiger partial charge on any atom is -0.497 e. The Morgan fingerprint density at radius 2 is 1.85 bits per heavy atom. The van der Waals surface area contributed by atoms with Gasteiger partial charge in [0.1, 0.15) is 10.9 Å². The summed E-state index contributed by atoms with van der Waals surface area (Å²) >= 11 is 11.5. The third-order valence-corrected chi connectivity index (χ3v) is 3.30. The molecule has 0 unspecified atom stereocenters. The summed E-state index contributed by atoms with van der Waals surface area (Å²) in [4.78, 5) is 0. The van der Waals surface area contributed by atoms with Gasteiger partial charge in [0.25, 0.3) is 0 Å². The van der Waals surface area contributed by atoms with Gasteiger partial charge < -0.3 is 4.74 Å². The van der Waals surface area contributed by atoms with E-state index in [-0.39, 0.29) is 16.6 Å². The standard InChI is InChI=1S/C12H9Cl2F3N2O/c1-20-8-4-2-7(3-5-8)19-11(14)9(6-13)10(18-19)12(15,16)17/h2-5H,6H2,1H3. The van der Waals surface area contributed by atoms with Crippen molar-refractivity contribution in [3.05, 3.63) is 40.7 Å². The van der Waals surface area contributed by atoms with Crippen LogP contribution in [0.5, 0.6) is 5.75 Å². The number of rotatable bonds is 3. The van der Waals surface area contributed by atoms with Gasteiger partial charge in [0.05, 0.1) is 18.7 Å². The van der Waals surface area contributed by atoms with Crippen molar-refractivity contribution in [2.75, 3.05) is 7.11 Å². The van der Waals surface area contributed by atoms with Gasteiger partial charge in [0, 0.05) is 5.56 Å². The van der Waals surface area contributed by atoms with Crippen molar-refractivity contribution < 1.29 is 17.9 Å². The molecule has 0 spiro atoms. The molecule has 3 nitrogen and oxygen atoms in total. The van der Waals surface area contributed by atoms with Crippen molar-refractivity contribution in [3.8, 4) is 11.4 Å². The number of aromatic nitrogens is 2. The molecule has 0 aliphatic carbocycles. The van der Waals surface area contributed by atoms with Crippen molar-refractivity contribution >= 4 is 23.2 Å². The molecular formula is C12H9Cl2F3N2O. The van der Waals surface area contributed by atoms with Gasteiger partial charge in [-0.1, -0.05) is 11.6 Å². The van der Waals surface area contributed by atoms with Crippen LogP contribution in [0, 0.1) is 0 Å². The predicted octanol–water partition coefficient (Wildman–Crippen LogP) is 4.29. The normalized spacial score (nSPS) is 11.7. The Bertz CT molecular complexity index is 608. The van der Waals surface area contributed by atoms with E-state index in [0.29, 0.717) is 11.4 Å². The third-order valence-electron chi connectivity index (χ3n) is 2.64. The second-order valence-electron chi connectivity index (χ2n) is 3.86. The molecule has 0 bridgehead atoms. The first-order valence-corrected chi connectivity index (χ1v) is 6.34. The Morgan fingerprint density at radius 3 is 2.25 bits per heavy atom. The van der Waals surface area contributed by atoms with Crippen LogP contribution in [0.1, 0.15) is 11.3 Å². The Kier molecular flexibility index (Phi) is 4.15. The minimum atomic E-state index is -4.61. The molecule has 20 heavy (non-hydrogen) atoms. The van der Waals surface area contributed by atoms with Gasteiger partial charge in [0.2, 0.25) is 0 Å². The summed E-state index contributed by atoms with van der Waals surface area (Å²) in [6.07, 6.45) is -4.61. The molecule has 2 rings (SSSR count). The molecule has 0 saturated heterocycles. The topological polar surface area (TPSA) is 27.1 Å². The molecule has 108 valence electrons. The highest BCUT2D eigenvalue weighted by Crippen LogP contribution is 2.36.